The van der Waals surface area contributed by atoms with Crippen molar-refractivity contribution in [3.8, 4) is 11.5 Å². The topological polar surface area (TPSA) is 44.8 Å². The summed E-state index contributed by atoms with van der Waals surface area (Å²) in [5.74, 6) is 1.49. The molecular weight excluding hydrogens is 392 g/mol. The van der Waals surface area contributed by atoms with Crippen molar-refractivity contribution in [2.45, 2.75) is 32.0 Å². The van der Waals surface area contributed by atoms with Crippen molar-refractivity contribution in [2.24, 2.45) is 0 Å². The summed E-state index contributed by atoms with van der Waals surface area (Å²) in [4.78, 5) is 11.5. The van der Waals surface area contributed by atoms with Crippen molar-refractivity contribution in [3.63, 3.8) is 0 Å². The largest absolute Gasteiger partial charge is 0.496 e. The van der Waals surface area contributed by atoms with E-state index in [0.29, 0.717) is 24.5 Å². The summed E-state index contributed by atoms with van der Waals surface area (Å²) in [5.41, 5.74) is 0. The maximum Gasteiger partial charge on any atom is 0.169 e. The zero-order valence-corrected chi connectivity index (χ0v) is 14.5. The van der Waals surface area contributed by atoms with E-state index in [1.807, 2.05) is 19.1 Å². The van der Waals surface area contributed by atoms with E-state index in [0.717, 1.165) is 15.4 Å². The molecule has 0 aliphatic heterocycles. The number of hydrogen-bond acceptors (Lipinski definition) is 4. The number of carbonyl (C=O) groups excluding carboxylic acids is 1. The smallest absolute Gasteiger partial charge is 0.169 e. The SMILES string of the molecule is CCCOC1C(=O)CC1Oc1cc(Br)c(OC)cc1Br. The highest BCUT2D eigenvalue weighted by molar-refractivity contribution is 9.11. The molecule has 110 valence electrons. The van der Waals surface area contributed by atoms with Gasteiger partial charge in [-0.2, -0.15) is 0 Å². The lowest BCUT2D eigenvalue weighted by atomic mass is 9.90. The normalized spacial score (nSPS) is 21.5. The average molecular weight is 408 g/mol. The van der Waals surface area contributed by atoms with Crippen LogP contribution in [0.5, 0.6) is 11.5 Å². The molecule has 4 nitrogen and oxygen atoms in total. The molecule has 0 radical (unpaired) electrons. The van der Waals surface area contributed by atoms with Gasteiger partial charge in [0.2, 0.25) is 0 Å². The van der Waals surface area contributed by atoms with Gasteiger partial charge in [0.15, 0.2) is 11.9 Å². The van der Waals surface area contributed by atoms with Gasteiger partial charge in [0.05, 0.1) is 16.1 Å². The quantitative estimate of drug-likeness (QED) is 0.720. The van der Waals surface area contributed by atoms with Gasteiger partial charge < -0.3 is 14.2 Å². The Labute approximate surface area is 135 Å². The van der Waals surface area contributed by atoms with Gasteiger partial charge in [-0.05, 0) is 50.4 Å². The molecule has 20 heavy (non-hydrogen) atoms. The highest BCUT2D eigenvalue weighted by atomic mass is 79.9. The summed E-state index contributed by atoms with van der Waals surface area (Å²) in [6.45, 7) is 2.58. The molecule has 1 saturated carbocycles. The Balaban J connectivity index is 2.06. The van der Waals surface area contributed by atoms with E-state index in [2.05, 4.69) is 31.9 Å². The third-order valence-corrected chi connectivity index (χ3v) is 4.28. The van der Waals surface area contributed by atoms with Gasteiger partial charge in [-0.25, -0.2) is 0 Å². The van der Waals surface area contributed by atoms with E-state index >= 15 is 0 Å². The van der Waals surface area contributed by atoms with Crippen LogP contribution in [0, 0.1) is 0 Å². The summed E-state index contributed by atoms with van der Waals surface area (Å²) in [6.07, 6.45) is 0.618. The lowest BCUT2D eigenvalue weighted by Gasteiger charge is -2.35. The second kappa shape index (κ2) is 6.91. The average Bonchev–Trinajstić information content (AvgIpc) is 2.42. The van der Waals surface area contributed by atoms with Crippen LogP contribution in [-0.4, -0.2) is 31.7 Å². The van der Waals surface area contributed by atoms with Crippen molar-refractivity contribution < 1.29 is 19.0 Å². The fourth-order valence-corrected chi connectivity index (χ4v) is 2.84. The summed E-state index contributed by atoms with van der Waals surface area (Å²) in [7, 11) is 1.60. The van der Waals surface area contributed by atoms with Crippen LogP contribution in [0.2, 0.25) is 0 Å². The van der Waals surface area contributed by atoms with Gasteiger partial charge in [-0.3, -0.25) is 4.79 Å². The molecule has 1 aliphatic rings. The summed E-state index contributed by atoms with van der Waals surface area (Å²) in [6, 6.07) is 3.64. The standard InChI is InChI=1S/C14H16Br2O4/c1-3-4-19-14-10(17)7-13(14)20-12-6-8(15)11(18-2)5-9(12)16/h5-6,13-14H,3-4,7H2,1-2H3. The van der Waals surface area contributed by atoms with Crippen molar-refractivity contribution in [1.82, 2.24) is 0 Å². The second-order valence-electron chi connectivity index (χ2n) is 4.54. The molecule has 0 bridgehead atoms. The molecule has 1 aliphatic carbocycles. The summed E-state index contributed by atoms with van der Waals surface area (Å²) < 4.78 is 18.2. The van der Waals surface area contributed by atoms with E-state index in [-0.39, 0.29) is 11.9 Å². The minimum atomic E-state index is -0.442. The monoisotopic (exact) mass is 406 g/mol. The van der Waals surface area contributed by atoms with E-state index in [4.69, 9.17) is 14.2 Å². The first-order valence-corrected chi connectivity index (χ1v) is 7.99. The van der Waals surface area contributed by atoms with Crippen LogP contribution in [0.3, 0.4) is 0 Å². The third kappa shape index (κ3) is 3.35. The van der Waals surface area contributed by atoms with Gasteiger partial charge in [0.25, 0.3) is 0 Å². The van der Waals surface area contributed by atoms with Crippen LogP contribution in [0.1, 0.15) is 19.8 Å². The number of ketones is 1. The Bertz CT molecular complexity index is 504. The number of hydrogen-bond donors (Lipinski definition) is 0. The number of carbonyl (C=O) groups is 1. The lowest BCUT2D eigenvalue weighted by Crippen LogP contribution is -2.52. The minimum Gasteiger partial charge on any atom is -0.496 e. The van der Waals surface area contributed by atoms with Gasteiger partial charge in [0.1, 0.15) is 17.6 Å². The Kier molecular flexibility index (Phi) is 5.46. The highest BCUT2D eigenvalue weighted by Crippen LogP contribution is 2.38. The van der Waals surface area contributed by atoms with Crippen molar-refractivity contribution in [1.29, 1.82) is 0 Å². The number of ether oxygens (including phenoxy) is 3. The highest BCUT2D eigenvalue weighted by Gasteiger charge is 2.42. The molecule has 2 unspecified atom stereocenters. The second-order valence-corrected chi connectivity index (χ2v) is 6.24. The van der Waals surface area contributed by atoms with Crippen molar-refractivity contribution in [3.05, 3.63) is 21.1 Å². The predicted molar refractivity (Wildman–Crippen MR) is 82.5 cm³/mol. The first-order chi connectivity index (χ1) is 9.56. The first-order valence-electron chi connectivity index (χ1n) is 6.40. The zero-order chi connectivity index (χ0) is 14.7. The zero-order valence-electron chi connectivity index (χ0n) is 11.3. The predicted octanol–water partition coefficient (Wildman–Crippen LogP) is 3.74. The van der Waals surface area contributed by atoms with Crippen molar-refractivity contribution >= 4 is 37.6 Å². The molecule has 0 saturated heterocycles. The van der Waals surface area contributed by atoms with Crippen LogP contribution in [-0.2, 0) is 9.53 Å². The van der Waals surface area contributed by atoms with E-state index in [1.165, 1.54) is 0 Å². The molecule has 1 aromatic carbocycles. The minimum absolute atomic E-state index is 0.104. The van der Waals surface area contributed by atoms with Crippen LogP contribution < -0.4 is 9.47 Å². The Morgan fingerprint density at radius 2 is 1.90 bits per heavy atom. The van der Waals surface area contributed by atoms with Crippen LogP contribution >= 0.6 is 31.9 Å². The fourth-order valence-electron chi connectivity index (χ4n) is 1.94. The van der Waals surface area contributed by atoms with Gasteiger partial charge in [-0.15, -0.1) is 0 Å². The molecule has 6 heteroatoms. The number of halogens is 2. The molecule has 0 heterocycles. The van der Waals surface area contributed by atoms with Crippen LogP contribution in [0.25, 0.3) is 0 Å². The Morgan fingerprint density at radius 1 is 1.25 bits per heavy atom. The molecule has 1 fully saturated rings. The van der Waals surface area contributed by atoms with Gasteiger partial charge in [0, 0.05) is 13.0 Å². The van der Waals surface area contributed by atoms with Crippen molar-refractivity contribution in [2.75, 3.05) is 13.7 Å². The Hall–Kier alpha value is -0.590. The molecule has 0 spiro atoms. The maximum absolute atomic E-state index is 11.5. The molecule has 2 rings (SSSR count). The van der Waals surface area contributed by atoms with Crippen LogP contribution in [0.15, 0.2) is 21.1 Å². The van der Waals surface area contributed by atoms with E-state index in [1.54, 1.807) is 7.11 Å². The fraction of sp³-hybridized carbons (Fsp3) is 0.500. The molecule has 2 atom stereocenters. The first kappa shape index (κ1) is 15.8. The molecule has 0 aromatic heterocycles. The number of methoxy groups -OCH3 is 1. The van der Waals surface area contributed by atoms with E-state index < -0.39 is 6.10 Å². The Morgan fingerprint density at radius 3 is 2.50 bits per heavy atom. The van der Waals surface area contributed by atoms with Gasteiger partial charge in [-0.1, -0.05) is 6.92 Å². The summed E-state index contributed by atoms with van der Waals surface area (Å²) >= 11 is 6.86. The van der Waals surface area contributed by atoms with Crippen LogP contribution in [0.4, 0.5) is 0 Å². The molecule has 0 N–H and O–H groups in total. The molecule has 0 amide bonds. The molecule has 1 aromatic rings. The van der Waals surface area contributed by atoms with E-state index in [9.17, 15) is 4.79 Å². The number of Topliss-reactive ketones (excluding diaryl/α,β-unsaturated/α-hetero) is 1. The number of benzene rings is 1. The summed E-state index contributed by atoms with van der Waals surface area (Å²) in [5, 5.41) is 0. The maximum atomic E-state index is 11.5. The molecular formula is C14H16Br2O4. The van der Waals surface area contributed by atoms with Gasteiger partial charge >= 0.3 is 0 Å². The lowest BCUT2D eigenvalue weighted by molar-refractivity contribution is -0.154. The third-order valence-electron chi connectivity index (χ3n) is 3.04. The number of rotatable bonds is 6.